The number of aliphatic hydroxyl groups is 11. The molecule has 0 aliphatic carbocycles. The highest BCUT2D eigenvalue weighted by atomic mass is 16.8. The lowest BCUT2D eigenvalue weighted by atomic mass is 9.96. The van der Waals surface area contributed by atoms with Crippen LogP contribution in [-0.2, 0) is 33.2 Å². The highest BCUT2D eigenvalue weighted by Gasteiger charge is 2.53. The van der Waals surface area contributed by atoms with E-state index < -0.39 is 124 Å². The van der Waals surface area contributed by atoms with E-state index in [-0.39, 0.29) is 18.9 Å². The van der Waals surface area contributed by atoms with Crippen molar-refractivity contribution < 1.29 is 89.4 Å². The van der Waals surface area contributed by atoms with Gasteiger partial charge in [0.1, 0.15) is 73.2 Å². The summed E-state index contributed by atoms with van der Waals surface area (Å²) < 4.78 is 34.1. The first-order valence-corrected chi connectivity index (χ1v) is 28.3. The van der Waals surface area contributed by atoms with Gasteiger partial charge in [-0.1, -0.05) is 137 Å². The molecule has 3 rings (SSSR count). The summed E-state index contributed by atoms with van der Waals surface area (Å²) in [6, 6.07) is -1.01. The normalized spacial score (nSPS) is 31.4. The zero-order valence-electron chi connectivity index (χ0n) is 45.6. The first kappa shape index (κ1) is 68.2. The van der Waals surface area contributed by atoms with Crippen molar-refractivity contribution in [3.05, 3.63) is 85.1 Å². The van der Waals surface area contributed by atoms with E-state index in [9.17, 15) is 61.0 Å². The maximum Gasteiger partial charge on any atom is 0.220 e. The third-order valence-electron chi connectivity index (χ3n) is 13.7. The Balaban J connectivity index is 1.56. The Morgan fingerprint density at radius 3 is 1.44 bits per heavy atom. The van der Waals surface area contributed by atoms with Gasteiger partial charge in [-0.05, 0) is 83.5 Å². The van der Waals surface area contributed by atoms with Gasteiger partial charge in [0, 0.05) is 6.42 Å². The minimum atomic E-state index is -1.99. The molecule has 442 valence electrons. The van der Waals surface area contributed by atoms with Crippen LogP contribution < -0.4 is 5.32 Å². The number of carbonyl (C=O) groups is 1. The summed E-state index contributed by atoms with van der Waals surface area (Å²) in [5, 5.41) is 120. The Hall–Kier alpha value is -3.03. The molecule has 1 amide bonds. The molecule has 3 fully saturated rings. The van der Waals surface area contributed by atoms with Gasteiger partial charge in [0.05, 0.1) is 38.6 Å². The number of aliphatic hydroxyl groups excluding tert-OH is 11. The van der Waals surface area contributed by atoms with E-state index in [1.807, 2.05) is 6.08 Å². The topological polar surface area (TPSA) is 307 Å². The molecule has 0 aromatic carbocycles. The molecule has 0 bridgehead atoms. The molecule has 3 aliphatic heterocycles. The van der Waals surface area contributed by atoms with Crippen molar-refractivity contribution in [1.82, 2.24) is 5.32 Å². The van der Waals surface area contributed by atoms with Crippen molar-refractivity contribution in [2.45, 2.75) is 247 Å². The van der Waals surface area contributed by atoms with Gasteiger partial charge in [-0.15, -0.1) is 0 Å². The van der Waals surface area contributed by atoms with Crippen LogP contribution in [0.3, 0.4) is 0 Å². The summed E-state index contributed by atoms with van der Waals surface area (Å²) in [5.41, 5.74) is 0. The van der Waals surface area contributed by atoms with Gasteiger partial charge in [-0.25, -0.2) is 0 Å². The van der Waals surface area contributed by atoms with Crippen molar-refractivity contribution in [1.29, 1.82) is 0 Å². The molecule has 19 heteroatoms. The number of nitrogens with one attached hydrogen (secondary N) is 1. The predicted molar refractivity (Wildman–Crippen MR) is 291 cm³/mol. The molecule has 3 saturated heterocycles. The summed E-state index contributed by atoms with van der Waals surface area (Å²) in [6.45, 7) is 1.50. The second-order valence-corrected chi connectivity index (χ2v) is 20.0. The Morgan fingerprint density at radius 2 is 0.909 bits per heavy atom. The number of amides is 1. The summed E-state index contributed by atoms with van der Waals surface area (Å²) >= 11 is 0. The van der Waals surface area contributed by atoms with Gasteiger partial charge in [0.25, 0.3) is 0 Å². The predicted octanol–water partition coefficient (Wildman–Crippen LogP) is 4.03. The lowest BCUT2D eigenvalue weighted by Crippen LogP contribution is -2.66. The van der Waals surface area contributed by atoms with Crippen LogP contribution in [-0.4, -0.2) is 193 Å². The molecule has 3 aliphatic rings. The Bertz CT molecular complexity index is 1740. The van der Waals surface area contributed by atoms with Crippen molar-refractivity contribution in [2.75, 3.05) is 26.4 Å². The highest BCUT2D eigenvalue weighted by molar-refractivity contribution is 5.76. The fourth-order valence-electron chi connectivity index (χ4n) is 8.97. The maximum absolute atomic E-state index is 13.3. The Kier molecular flexibility index (Phi) is 36.4. The highest BCUT2D eigenvalue weighted by Crippen LogP contribution is 2.33. The summed E-state index contributed by atoms with van der Waals surface area (Å²) in [4.78, 5) is 13.3. The van der Waals surface area contributed by atoms with Crippen LogP contribution in [0.4, 0.5) is 0 Å². The number of allylic oxidation sites excluding steroid dienone is 13. The lowest BCUT2D eigenvalue weighted by molar-refractivity contribution is -0.379. The molecule has 0 saturated carbocycles. The summed E-state index contributed by atoms with van der Waals surface area (Å²) in [6.07, 6.45) is 21.4. The zero-order valence-corrected chi connectivity index (χ0v) is 45.6. The van der Waals surface area contributed by atoms with Gasteiger partial charge in [0.15, 0.2) is 18.9 Å². The van der Waals surface area contributed by atoms with Gasteiger partial charge >= 0.3 is 0 Å². The van der Waals surface area contributed by atoms with Crippen molar-refractivity contribution in [3.63, 3.8) is 0 Å². The van der Waals surface area contributed by atoms with E-state index in [1.165, 1.54) is 32.1 Å². The van der Waals surface area contributed by atoms with Gasteiger partial charge in [0.2, 0.25) is 5.91 Å². The van der Waals surface area contributed by atoms with E-state index in [1.54, 1.807) is 6.08 Å². The fourth-order valence-corrected chi connectivity index (χ4v) is 8.97. The van der Waals surface area contributed by atoms with Gasteiger partial charge < -0.3 is 89.9 Å². The van der Waals surface area contributed by atoms with Gasteiger partial charge in [-0.3, -0.25) is 4.79 Å². The molecule has 17 atom stereocenters. The standard InChI is InChI=1S/C58H97NO18/c1-3-5-7-9-11-13-15-17-19-20-22-24-26-28-30-32-34-36-46(64)59-41(42(63)35-33-31-29-27-25-23-21-18-16-14-12-10-8-6-4-2)40-72-56-52(70)49(67)54(44(38-61)74-56)77-58-53(71)50(68)55(45(39-62)75-58)76-57-51(69)48(66)47(65)43(37-60)73-57/h5,7,11,13,16-19,22,24-25,27,33,35,41-45,47-58,60-63,65-71H,3-4,6,8-10,12,14-15,20-21,23,26,28-32,34,36-40H2,1-2H3,(H,59,64)/b7-5-,13-11-,18-16+,19-17-,24-22-,27-25+,35-33+. The maximum atomic E-state index is 13.3. The van der Waals surface area contributed by atoms with Crippen LogP contribution >= 0.6 is 0 Å². The van der Waals surface area contributed by atoms with Crippen LogP contribution in [0.2, 0.25) is 0 Å². The Labute approximate surface area is 457 Å². The van der Waals surface area contributed by atoms with E-state index >= 15 is 0 Å². The molecule has 12 N–H and O–H groups in total. The molecule has 17 unspecified atom stereocenters. The average Bonchev–Trinajstić information content (AvgIpc) is 3.44. The van der Waals surface area contributed by atoms with Crippen LogP contribution in [0, 0.1) is 0 Å². The van der Waals surface area contributed by atoms with Gasteiger partial charge in [-0.2, -0.15) is 0 Å². The van der Waals surface area contributed by atoms with E-state index in [2.05, 4.69) is 92.1 Å². The monoisotopic (exact) mass is 1100 g/mol. The molecular formula is C58H97NO18. The number of hydrogen-bond donors (Lipinski definition) is 12. The molecule has 3 heterocycles. The van der Waals surface area contributed by atoms with E-state index in [0.717, 1.165) is 77.0 Å². The number of carbonyl (C=O) groups excluding carboxylic acids is 1. The molecule has 0 aromatic heterocycles. The summed E-state index contributed by atoms with van der Waals surface area (Å²) in [7, 11) is 0. The Morgan fingerprint density at radius 1 is 0.481 bits per heavy atom. The first-order chi connectivity index (χ1) is 37.3. The smallest absolute Gasteiger partial charge is 0.220 e. The molecule has 0 aromatic rings. The quantitative estimate of drug-likeness (QED) is 0.0305. The van der Waals surface area contributed by atoms with Crippen LogP contribution in [0.25, 0.3) is 0 Å². The van der Waals surface area contributed by atoms with Crippen molar-refractivity contribution in [2.24, 2.45) is 0 Å². The molecule has 19 nitrogen and oxygen atoms in total. The minimum absolute atomic E-state index is 0.199. The average molecular weight is 1100 g/mol. The second-order valence-electron chi connectivity index (χ2n) is 20.0. The van der Waals surface area contributed by atoms with Crippen LogP contribution in [0.15, 0.2) is 85.1 Å². The van der Waals surface area contributed by atoms with E-state index in [0.29, 0.717) is 12.8 Å². The molecular weight excluding hydrogens is 999 g/mol. The third kappa shape index (κ3) is 25.5. The number of rotatable bonds is 39. The molecule has 77 heavy (non-hydrogen) atoms. The minimum Gasteiger partial charge on any atom is -0.394 e. The molecule has 0 radical (unpaired) electrons. The number of unbranched alkanes of at least 4 members (excludes halogenated alkanes) is 11. The fraction of sp³-hybridized carbons (Fsp3) is 0.741. The zero-order chi connectivity index (χ0) is 56.2. The summed E-state index contributed by atoms with van der Waals surface area (Å²) in [5.74, 6) is -0.319. The first-order valence-electron chi connectivity index (χ1n) is 28.3. The number of ether oxygens (including phenoxy) is 6. The van der Waals surface area contributed by atoms with Crippen LogP contribution in [0.5, 0.6) is 0 Å². The second kappa shape index (κ2) is 41.0. The lowest BCUT2D eigenvalue weighted by Gasteiger charge is -2.48. The van der Waals surface area contributed by atoms with Crippen molar-refractivity contribution >= 4 is 5.91 Å². The largest absolute Gasteiger partial charge is 0.394 e. The molecule has 0 spiro atoms. The third-order valence-corrected chi connectivity index (χ3v) is 13.7. The van der Waals surface area contributed by atoms with Crippen molar-refractivity contribution in [3.8, 4) is 0 Å². The van der Waals surface area contributed by atoms with Crippen LogP contribution in [0.1, 0.15) is 142 Å². The number of hydrogen-bond acceptors (Lipinski definition) is 18. The SMILES string of the molecule is CC/C=C\C/C=C\C/C=C\C/C=C\CCCCCCC(=O)NC(COC1OC(CO)C(OC2OC(CO)C(OC3OC(CO)C(O)C(O)C3O)C(O)C2O)C(O)C1O)C(O)/C=C/CC/C=C/CC/C=C/CCCCCCC. The van der Waals surface area contributed by atoms with E-state index in [4.69, 9.17) is 28.4 Å².